The summed E-state index contributed by atoms with van der Waals surface area (Å²) < 4.78 is 0. The van der Waals surface area contributed by atoms with Crippen molar-refractivity contribution >= 4 is 0 Å². The molecule has 0 N–H and O–H groups in total. The van der Waals surface area contributed by atoms with E-state index in [-0.39, 0.29) is 0 Å². The van der Waals surface area contributed by atoms with Gasteiger partial charge in [-0.15, -0.1) is 0 Å². The summed E-state index contributed by atoms with van der Waals surface area (Å²) >= 11 is 0. The van der Waals surface area contributed by atoms with Crippen molar-refractivity contribution in [2.24, 2.45) is 5.92 Å². The summed E-state index contributed by atoms with van der Waals surface area (Å²) in [6.45, 7) is 7.05. The number of hydrogen-bond donors (Lipinski definition) is 0. The van der Waals surface area contributed by atoms with Crippen LogP contribution in [0.2, 0.25) is 0 Å². The lowest BCUT2D eigenvalue weighted by atomic mass is 9.98. The first-order valence-electron chi connectivity index (χ1n) is 14.8. The van der Waals surface area contributed by atoms with E-state index >= 15 is 0 Å². The van der Waals surface area contributed by atoms with Gasteiger partial charge in [-0.05, 0) is 5.92 Å². The molecular weight excluding hydrogens is 360 g/mol. The molecule has 0 amide bonds. The summed E-state index contributed by atoms with van der Waals surface area (Å²) in [6, 6.07) is 0. The average molecular weight is 423 g/mol. The maximum absolute atomic E-state index is 2.43. The molecule has 0 bridgehead atoms. The van der Waals surface area contributed by atoms with E-state index in [0.29, 0.717) is 0 Å². The van der Waals surface area contributed by atoms with Gasteiger partial charge >= 0.3 is 0 Å². The summed E-state index contributed by atoms with van der Waals surface area (Å²) in [5.74, 6) is 0.963. The van der Waals surface area contributed by atoms with Gasteiger partial charge in [0.15, 0.2) is 0 Å². The summed E-state index contributed by atoms with van der Waals surface area (Å²) in [7, 11) is 0. The lowest BCUT2D eigenvalue weighted by Gasteiger charge is -2.09. The van der Waals surface area contributed by atoms with E-state index < -0.39 is 0 Å². The van der Waals surface area contributed by atoms with Crippen molar-refractivity contribution < 1.29 is 0 Å². The third kappa shape index (κ3) is 26.0. The van der Waals surface area contributed by atoms with Crippen LogP contribution >= 0.6 is 0 Å². The fraction of sp³-hybridized carbons (Fsp3) is 1.00. The Bertz CT molecular complexity index is 282. The fourth-order valence-corrected chi connectivity index (χ4v) is 4.92. The van der Waals surface area contributed by atoms with E-state index in [1.165, 1.54) is 167 Å². The highest BCUT2D eigenvalue weighted by Crippen LogP contribution is 2.17. The maximum Gasteiger partial charge on any atom is -0.0443 e. The number of hydrogen-bond acceptors (Lipinski definition) is 0. The summed E-state index contributed by atoms with van der Waals surface area (Å²) in [5, 5.41) is 0. The molecule has 0 fully saturated rings. The monoisotopic (exact) mass is 422 g/mol. The first-order chi connectivity index (χ1) is 14.8. The van der Waals surface area contributed by atoms with Crippen LogP contribution in [0.25, 0.3) is 0 Å². The molecule has 0 aliphatic heterocycles. The molecule has 0 saturated carbocycles. The van der Waals surface area contributed by atoms with Crippen molar-refractivity contribution in [2.45, 2.75) is 188 Å². The average Bonchev–Trinajstić information content (AvgIpc) is 2.74. The zero-order valence-corrected chi connectivity index (χ0v) is 22.0. The molecule has 0 aliphatic carbocycles. The van der Waals surface area contributed by atoms with Gasteiger partial charge in [0.25, 0.3) is 0 Å². The minimum absolute atomic E-state index is 0.963. The van der Waals surface area contributed by atoms with Crippen LogP contribution in [0.5, 0.6) is 0 Å². The molecule has 0 aromatic carbocycles. The van der Waals surface area contributed by atoms with Crippen molar-refractivity contribution in [2.75, 3.05) is 0 Å². The molecule has 0 rings (SSSR count). The largest absolute Gasteiger partial charge is 0.0654 e. The van der Waals surface area contributed by atoms with E-state index in [9.17, 15) is 0 Å². The fourth-order valence-electron chi connectivity index (χ4n) is 4.92. The Balaban J connectivity index is 3.02. The Hall–Kier alpha value is 0. The van der Waals surface area contributed by atoms with Crippen molar-refractivity contribution in [3.63, 3.8) is 0 Å². The molecule has 0 radical (unpaired) electrons. The second-order valence-electron chi connectivity index (χ2n) is 10.5. The van der Waals surface area contributed by atoms with Gasteiger partial charge in [0.05, 0.1) is 0 Å². The first kappa shape index (κ1) is 30.0. The molecule has 0 aromatic heterocycles. The van der Waals surface area contributed by atoms with E-state index in [1.807, 2.05) is 0 Å². The predicted octanol–water partition coefficient (Wildman–Crippen LogP) is 11.8. The highest BCUT2D eigenvalue weighted by atomic mass is 14.1. The van der Waals surface area contributed by atoms with Crippen LogP contribution in [-0.2, 0) is 0 Å². The van der Waals surface area contributed by atoms with Crippen molar-refractivity contribution in [3.05, 3.63) is 0 Å². The van der Waals surface area contributed by atoms with E-state index in [0.717, 1.165) is 5.92 Å². The van der Waals surface area contributed by atoms with E-state index in [2.05, 4.69) is 20.8 Å². The Morgan fingerprint density at radius 3 is 0.833 bits per heavy atom. The molecule has 182 valence electrons. The van der Waals surface area contributed by atoms with Crippen LogP contribution in [0.1, 0.15) is 188 Å². The smallest absolute Gasteiger partial charge is 0.0443 e. The van der Waals surface area contributed by atoms with Gasteiger partial charge in [-0.25, -0.2) is 0 Å². The van der Waals surface area contributed by atoms with Crippen molar-refractivity contribution in [3.8, 4) is 0 Å². The second-order valence-corrected chi connectivity index (χ2v) is 10.5. The second kappa shape index (κ2) is 27.0. The molecule has 0 saturated heterocycles. The minimum Gasteiger partial charge on any atom is -0.0654 e. The molecule has 30 heavy (non-hydrogen) atoms. The predicted molar refractivity (Wildman–Crippen MR) is 141 cm³/mol. The van der Waals surface area contributed by atoms with E-state index in [4.69, 9.17) is 0 Å². The highest BCUT2D eigenvalue weighted by Gasteiger charge is 2.00. The summed E-state index contributed by atoms with van der Waals surface area (Å²) in [6.07, 6.45) is 38.3. The molecule has 1 atom stereocenters. The van der Waals surface area contributed by atoms with Gasteiger partial charge in [0.1, 0.15) is 0 Å². The lowest BCUT2D eigenvalue weighted by molar-refractivity contribution is 0.449. The van der Waals surface area contributed by atoms with Crippen LogP contribution in [0.4, 0.5) is 0 Å². The van der Waals surface area contributed by atoms with Crippen LogP contribution in [0, 0.1) is 5.92 Å². The van der Waals surface area contributed by atoms with Crippen molar-refractivity contribution in [1.29, 1.82) is 0 Å². The Kier molecular flexibility index (Phi) is 27.0. The first-order valence-corrected chi connectivity index (χ1v) is 14.8. The zero-order chi connectivity index (χ0) is 22.0. The van der Waals surface area contributed by atoms with Gasteiger partial charge in [-0.2, -0.15) is 0 Å². The Morgan fingerprint density at radius 2 is 0.567 bits per heavy atom. The van der Waals surface area contributed by atoms with Gasteiger partial charge in [-0.1, -0.05) is 188 Å². The molecule has 0 aromatic rings. The van der Waals surface area contributed by atoms with Gasteiger partial charge < -0.3 is 0 Å². The minimum atomic E-state index is 0.963. The van der Waals surface area contributed by atoms with Gasteiger partial charge in [0, 0.05) is 0 Å². The topological polar surface area (TPSA) is 0 Å². The lowest BCUT2D eigenvalue weighted by Crippen LogP contribution is -1.93. The number of rotatable bonds is 26. The van der Waals surface area contributed by atoms with E-state index in [1.54, 1.807) is 0 Å². The Morgan fingerprint density at radius 1 is 0.300 bits per heavy atom. The normalized spacial score (nSPS) is 12.5. The molecule has 0 unspecified atom stereocenters. The molecule has 0 heterocycles. The SMILES string of the molecule is CCCCCCCCCCCCCCCCCCCCCCCCC[C@H](C)CCC. The third-order valence-corrected chi connectivity index (χ3v) is 7.08. The summed E-state index contributed by atoms with van der Waals surface area (Å²) in [5.41, 5.74) is 0. The van der Waals surface area contributed by atoms with Crippen molar-refractivity contribution in [1.82, 2.24) is 0 Å². The standard InChI is InChI=1S/C30H62/c1-4-6-7-8-9-10-11-12-13-14-15-16-17-18-19-20-21-22-23-24-25-26-27-29-30(3)28-5-2/h30H,4-29H2,1-3H3/t30-/m1/s1. The van der Waals surface area contributed by atoms with Gasteiger partial charge in [0.2, 0.25) is 0 Å². The quantitative estimate of drug-likeness (QED) is 0.122. The molecule has 0 aliphatic rings. The van der Waals surface area contributed by atoms with Gasteiger partial charge in [-0.3, -0.25) is 0 Å². The summed E-state index contributed by atoms with van der Waals surface area (Å²) in [4.78, 5) is 0. The molecule has 0 nitrogen and oxygen atoms in total. The third-order valence-electron chi connectivity index (χ3n) is 7.08. The molecular formula is C30H62. The number of unbranched alkanes of at least 4 members (excludes halogenated alkanes) is 22. The Labute approximate surface area is 193 Å². The maximum atomic E-state index is 2.43. The van der Waals surface area contributed by atoms with Crippen LogP contribution in [0.3, 0.4) is 0 Å². The molecule has 0 spiro atoms. The van der Waals surface area contributed by atoms with Crippen LogP contribution in [-0.4, -0.2) is 0 Å². The van der Waals surface area contributed by atoms with Crippen LogP contribution in [0.15, 0.2) is 0 Å². The zero-order valence-electron chi connectivity index (χ0n) is 22.0. The van der Waals surface area contributed by atoms with Crippen LogP contribution < -0.4 is 0 Å². The molecule has 0 heteroatoms. The highest BCUT2D eigenvalue weighted by molar-refractivity contribution is 4.54.